The van der Waals surface area contributed by atoms with E-state index in [2.05, 4.69) is 10.6 Å². The fourth-order valence-corrected chi connectivity index (χ4v) is 5.51. The van der Waals surface area contributed by atoms with Gasteiger partial charge < -0.3 is 10.6 Å². The maximum absolute atomic E-state index is 14.2. The molecular formula is C24H19Cl2FN2O. The summed E-state index contributed by atoms with van der Waals surface area (Å²) in [6, 6.07) is 19.2. The maximum atomic E-state index is 14.2. The molecule has 5 rings (SSSR count). The van der Waals surface area contributed by atoms with Gasteiger partial charge in [0.05, 0.1) is 6.04 Å². The number of hydrogen-bond donors (Lipinski definition) is 2. The molecule has 2 N–H and O–H groups in total. The van der Waals surface area contributed by atoms with Gasteiger partial charge in [-0.3, -0.25) is 4.79 Å². The van der Waals surface area contributed by atoms with Gasteiger partial charge in [-0.05, 0) is 66.1 Å². The van der Waals surface area contributed by atoms with Crippen LogP contribution in [0.4, 0.5) is 10.1 Å². The van der Waals surface area contributed by atoms with E-state index in [4.69, 9.17) is 23.2 Å². The average Bonchev–Trinajstić information content (AvgIpc) is 2.99. The Morgan fingerprint density at radius 2 is 1.70 bits per heavy atom. The SMILES string of the molecule is O=C1Nc2cc(Cl)ccc2[C@]12[C@@H](c1cccc(F)c1)NCC[C@H]2c1cccc(Cl)c1. The summed E-state index contributed by atoms with van der Waals surface area (Å²) < 4.78 is 14.2. The predicted molar refractivity (Wildman–Crippen MR) is 118 cm³/mol. The van der Waals surface area contributed by atoms with E-state index in [1.165, 1.54) is 12.1 Å². The second-order valence-electron chi connectivity index (χ2n) is 7.85. The van der Waals surface area contributed by atoms with E-state index in [9.17, 15) is 9.18 Å². The Bertz CT molecular complexity index is 1100. The first-order valence-electron chi connectivity index (χ1n) is 9.86. The van der Waals surface area contributed by atoms with E-state index in [1.54, 1.807) is 18.2 Å². The fraction of sp³-hybridized carbons (Fsp3) is 0.208. The van der Waals surface area contributed by atoms with Crippen LogP contribution in [0.25, 0.3) is 0 Å². The van der Waals surface area contributed by atoms with Gasteiger partial charge in [-0.1, -0.05) is 53.5 Å². The highest BCUT2D eigenvalue weighted by molar-refractivity contribution is 6.31. The molecule has 3 aromatic carbocycles. The topological polar surface area (TPSA) is 41.1 Å². The molecule has 30 heavy (non-hydrogen) atoms. The highest BCUT2D eigenvalue weighted by Gasteiger charge is 2.59. The van der Waals surface area contributed by atoms with Crippen molar-refractivity contribution in [2.75, 3.05) is 11.9 Å². The number of nitrogens with one attached hydrogen (secondary N) is 2. The van der Waals surface area contributed by atoms with Crippen molar-refractivity contribution in [2.24, 2.45) is 0 Å². The number of halogens is 3. The van der Waals surface area contributed by atoms with Gasteiger partial charge in [-0.25, -0.2) is 4.39 Å². The molecule has 2 heterocycles. The summed E-state index contributed by atoms with van der Waals surface area (Å²) in [6.45, 7) is 0.691. The van der Waals surface area contributed by atoms with Crippen LogP contribution < -0.4 is 10.6 Å². The largest absolute Gasteiger partial charge is 0.325 e. The number of anilines is 1. The third-order valence-electron chi connectivity index (χ3n) is 6.27. The van der Waals surface area contributed by atoms with Gasteiger partial charge >= 0.3 is 0 Å². The number of carbonyl (C=O) groups excluding carboxylic acids is 1. The molecule has 152 valence electrons. The van der Waals surface area contributed by atoms with E-state index in [0.29, 0.717) is 22.3 Å². The van der Waals surface area contributed by atoms with Gasteiger partial charge in [0.2, 0.25) is 5.91 Å². The molecule has 0 aromatic heterocycles. The summed E-state index contributed by atoms with van der Waals surface area (Å²) >= 11 is 12.5. The van der Waals surface area contributed by atoms with Crippen LogP contribution in [-0.4, -0.2) is 12.5 Å². The average molecular weight is 441 g/mol. The van der Waals surface area contributed by atoms with Crippen molar-refractivity contribution in [2.45, 2.75) is 23.8 Å². The van der Waals surface area contributed by atoms with Gasteiger partial charge in [0.15, 0.2) is 0 Å². The monoisotopic (exact) mass is 440 g/mol. The van der Waals surface area contributed by atoms with Crippen LogP contribution in [0.3, 0.4) is 0 Å². The Morgan fingerprint density at radius 1 is 0.933 bits per heavy atom. The van der Waals surface area contributed by atoms with E-state index in [1.807, 2.05) is 36.4 Å². The number of fused-ring (bicyclic) bond motifs is 2. The minimum absolute atomic E-state index is 0.119. The molecule has 0 radical (unpaired) electrons. The van der Waals surface area contributed by atoms with Crippen molar-refractivity contribution in [1.29, 1.82) is 0 Å². The van der Waals surface area contributed by atoms with Crippen LogP contribution in [-0.2, 0) is 10.2 Å². The van der Waals surface area contributed by atoms with E-state index in [0.717, 1.165) is 23.1 Å². The van der Waals surface area contributed by atoms with Crippen molar-refractivity contribution in [3.8, 4) is 0 Å². The highest BCUT2D eigenvalue weighted by Crippen LogP contribution is 2.57. The van der Waals surface area contributed by atoms with Gasteiger partial charge in [0, 0.05) is 21.7 Å². The smallest absolute Gasteiger partial charge is 0.237 e. The Hall–Kier alpha value is -2.40. The second kappa shape index (κ2) is 7.38. The molecule has 1 spiro atoms. The Labute approximate surface area is 184 Å². The van der Waals surface area contributed by atoms with Crippen LogP contribution in [0.2, 0.25) is 10.0 Å². The first-order valence-corrected chi connectivity index (χ1v) is 10.6. The fourth-order valence-electron chi connectivity index (χ4n) is 5.14. The molecule has 1 fully saturated rings. The summed E-state index contributed by atoms with van der Waals surface area (Å²) in [4.78, 5) is 13.7. The van der Waals surface area contributed by atoms with Gasteiger partial charge in [-0.15, -0.1) is 0 Å². The van der Waals surface area contributed by atoms with Crippen LogP contribution in [0.1, 0.15) is 35.1 Å². The Kier molecular flexibility index (Phi) is 4.81. The quantitative estimate of drug-likeness (QED) is 0.525. The first-order chi connectivity index (χ1) is 14.5. The second-order valence-corrected chi connectivity index (χ2v) is 8.72. The standard InChI is InChI=1S/C24H19Cl2FN2O/c25-16-5-1-3-14(11-16)19-9-10-28-22(15-4-2-6-18(27)12-15)24(19)20-8-7-17(26)13-21(20)29-23(24)30/h1-8,11-13,19,22,28H,9-10H2,(H,29,30)/t19-,22+,24+/m0/s1. The molecule has 0 aliphatic carbocycles. The minimum Gasteiger partial charge on any atom is -0.325 e. The lowest BCUT2D eigenvalue weighted by Gasteiger charge is -2.47. The number of rotatable bonds is 2. The molecule has 0 bridgehead atoms. The zero-order valence-electron chi connectivity index (χ0n) is 16.0. The van der Waals surface area contributed by atoms with Gasteiger partial charge in [-0.2, -0.15) is 0 Å². The zero-order chi connectivity index (χ0) is 20.9. The summed E-state index contributed by atoms with van der Waals surface area (Å²) in [5.41, 5.74) is 2.33. The summed E-state index contributed by atoms with van der Waals surface area (Å²) in [5.74, 6) is -0.594. The minimum atomic E-state index is -0.962. The molecule has 2 aliphatic rings. The lowest BCUT2D eigenvalue weighted by molar-refractivity contribution is -0.123. The molecule has 0 unspecified atom stereocenters. The first kappa shape index (κ1) is 19.6. The third kappa shape index (κ3) is 2.94. The lowest BCUT2D eigenvalue weighted by Crippen LogP contribution is -2.55. The van der Waals surface area contributed by atoms with Crippen molar-refractivity contribution in [3.05, 3.63) is 99.3 Å². The van der Waals surface area contributed by atoms with Gasteiger partial charge in [0.25, 0.3) is 0 Å². The predicted octanol–water partition coefficient (Wildman–Crippen LogP) is 5.84. The Morgan fingerprint density at radius 3 is 2.50 bits per heavy atom. The molecule has 3 aromatic rings. The van der Waals surface area contributed by atoms with Crippen molar-refractivity contribution in [1.82, 2.24) is 5.32 Å². The Balaban J connectivity index is 1.78. The van der Waals surface area contributed by atoms with Crippen LogP contribution in [0, 0.1) is 5.82 Å². The van der Waals surface area contributed by atoms with E-state index in [-0.39, 0.29) is 17.6 Å². The van der Waals surface area contributed by atoms with Crippen LogP contribution >= 0.6 is 23.2 Å². The number of piperidine rings is 1. The molecule has 6 heteroatoms. The molecule has 1 amide bonds. The molecule has 1 saturated heterocycles. The van der Waals surface area contributed by atoms with Crippen molar-refractivity contribution < 1.29 is 9.18 Å². The number of hydrogen-bond acceptors (Lipinski definition) is 2. The van der Waals surface area contributed by atoms with Gasteiger partial charge in [0.1, 0.15) is 11.2 Å². The van der Waals surface area contributed by atoms with E-state index >= 15 is 0 Å². The summed E-state index contributed by atoms with van der Waals surface area (Å²) in [7, 11) is 0. The lowest BCUT2D eigenvalue weighted by atomic mass is 9.59. The maximum Gasteiger partial charge on any atom is 0.237 e. The van der Waals surface area contributed by atoms with E-state index < -0.39 is 11.5 Å². The van der Waals surface area contributed by atoms with Crippen LogP contribution in [0.5, 0.6) is 0 Å². The summed E-state index contributed by atoms with van der Waals surface area (Å²) in [6.07, 6.45) is 0.738. The molecule has 3 nitrogen and oxygen atoms in total. The third-order valence-corrected chi connectivity index (χ3v) is 6.74. The number of amides is 1. The van der Waals surface area contributed by atoms with Crippen LogP contribution in [0.15, 0.2) is 66.7 Å². The number of carbonyl (C=O) groups is 1. The number of benzene rings is 3. The summed E-state index contributed by atoms with van der Waals surface area (Å²) in [5, 5.41) is 7.72. The highest BCUT2D eigenvalue weighted by atomic mass is 35.5. The normalized spacial score (nSPS) is 25.2. The van der Waals surface area contributed by atoms with Crippen molar-refractivity contribution >= 4 is 34.8 Å². The van der Waals surface area contributed by atoms with Crippen molar-refractivity contribution in [3.63, 3.8) is 0 Å². The molecule has 0 saturated carbocycles. The zero-order valence-corrected chi connectivity index (χ0v) is 17.5. The molecule has 2 aliphatic heterocycles. The molecular weight excluding hydrogens is 422 g/mol. The molecule has 3 atom stereocenters.